The highest BCUT2D eigenvalue weighted by molar-refractivity contribution is 6.31. The van der Waals surface area contributed by atoms with Crippen molar-refractivity contribution in [3.05, 3.63) is 63.9 Å². The van der Waals surface area contributed by atoms with E-state index in [1.54, 1.807) is 37.3 Å². The van der Waals surface area contributed by atoms with Crippen molar-refractivity contribution < 1.29 is 14.7 Å². The number of carbonyl (C=O) groups excluding carboxylic acids is 1. The van der Waals surface area contributed by atoms with Crippen LogP contribution in [0.4, 0.5) is 0 Å². The minimum Gasteiger partial charge on any atom is -0.481 e. The van der Waals surface area contributed by atoms with Crippen molar-refractivity contribution in [1.29, 1.82) is 0 Å². The van der Waals surface area contributed by atoms with E-state index < -0.39 is 17.9 Å². The van der Waals surface area contributed by atoms with Gasteiger partial charge in [-0.25, -0.2) is 4.98 Å². The molecule has 2 N–H and O–H groups in total. The second-order valence-corrected chi connectivity index (χ2v) is 5.72. The molecule has 2 rings (SSSR count). The first kappa shape index (κ1) is 17.0. The van der Waals surface area contributed by atoms with Gasteiger partial charge in [-0.05, 0) is 43.2 Å². The maximum Gasteiger partial charge on any atom is 0.305 e. The molecule has 2 aromatic rings. The third-order valence-corrected chi connectivity index (χ3v) is 3.64. The monoisotopic (exact) mass is 332 g/mol. The molecule has 0 aliphatic heterocycles. The number of nitrogens with one attached hydrogen (secondary N) is 1. The Bertz CT molecular complexity index is 726. The fraction of sp³-hybridized carbons (Fsp3) is 0.235. The Hall–Kier alpha value is -2.40. The second kappa shape index (κ2) is 7.24. The van der Waals surface area contributed by atoms with Gasteiger partial charge in [0.05, 0.1) is 12.5 Å². The Morgan fingerprint density at radius 3 is 2.57 bits per heavy atom. The second-order valence-electron chi connectivity index (χ2n) is 5.32. The predicted octanol–water partition coefficient (Wildman–Crippen LogP) is 3.30. The molecule has 0 aliphatic rings. The van der Waals surface area contributed by atoms with E-state index in [0.29, 0.717) is 10.6 Å². The van der Waals surface area contributed by atoms with Crippen LogP contribution in [0.25, 0.3) is 0 Å². The molecule has 0 aliphatic carbocycles. The number of aryl methyl sites for hydroxylation is 2. The molecule has 1 atom stereocenters. The molecule has 0 fully saturated rings. The smallest absolute Gasteiger partial charge is 0.305 e. The molecule has 6 heteroatoms. The molecule has 0 spiro atoms. The van der Waals surface area contributed by atoms with Crippen LogP contribution < -0.4 is 5.32 Å². The van der Waals surface area contributed by atoms with Crippen LogP contribution in [0.1, 0.15) is 39.8 Å². The van der Waals surface area contributed by atoms with Crippen LogP contribution in [0.5, 0.6) is 0 Å². The van der Waals surface area contributed by atoms with Crippen molar-refractivity contribution in [3.8, 4) is 0 Å². The van der Waals surface area contributed by atoms with Crippen molar-refractivity contribution >= 4 is 23.5 Å². The Morgan fingerprint density at radius 2 is 1.96 bits per heavy atom. The van der Waals surface area contributed by atoms with E-state index in [4.69, 9.17) is 16.7 Å². The summed E-state index contributed by atoms with van der Waals surface area (Å²) in [6, 6.07) is 9.65. The summed E-state index contributed by atoms with van der Waals surface area (Å²) in [7, 11) is 0. The number of amides is 1. The number of benzene rings is 1. The first-order valence-electron chi connectivity index (χ1n) is 7.09. The standard InChI is InChI=1S/C17H17ClN2O3/c1-10-7-11(2)19-15(8-10)17(23)20-14(9-16(21)22)12-5-3-4-6-13(12)18/h3-8,14H,9H2,1-2H3,(H,20,23)(H,21,22)/t14-/m1/s1. The van der Waals surface area contributed by atoms with Gasteiger partial charge in [0, 0.05) is 10.7 Å². The van der Waals surface area contributed by atoms with Crippen molar-refractivity contribution in [3.63, 3.8) is 0 Å². The van der Waals surface area contributed by atoms with Gasteiger partial charge < -0.3 is 10.4 Å². The molecule has 0 unspecified atom stereocenters. The van der Waals surface area contributed by atoms with E-state index in [1.165, 1.54) is 0 Å². The number of hydrogen-bond donors (Lipinski definition) is 2. The van der Waals surface area contributed by atoms with Crippen LogP contribution in [-0.2, 0) is 4.79 Å². The lowest BCUT2D eigenvalue weighted by atomic mass is 10.0. The van der Waals surface area contributed by atoms with Gasteiger partial charge in [0.25, 0.3) is 5.91 Å². The largest absolute Gasteiger partial charge is 0.481 e. The van der Waals surface area contributed by atoms with Crippen molar-refractivity contribution in [2.45, 2.75) is 26.3 Å². The third kappa shape index (κ3) is 4.53. The first-order chi connectivity index (χ1) is 10.9. The lowest BCUT2D eigenvalue weighted by Gasteiger charge is -2.18. The van der Waals surface area contributed by atoms with Gasteiger partial charge in [-0.3, -0.25) is 9.59 Å². The van der Waals surface area contributed by atoms with Gasteiger partial charge in [0.15, 0.2) is 0 Å². The molecule has 5 nitrogen and oxygen atoms in total. The average molecular weight is 333 g/mol. The SMILES string of the molecule is Cc1cc(C)nc(C(=O)N[C@H](CC(=O)O)c2ccccc2Cl)c1. The molecular formula is C17H17ClN2O3. The molecular weight excluding hydrogens is 316 g/mol. The molecule has 1 amide bonds. The number of carboxylic acid groups (broad SMARTS) is 1. The lowest BCUT2D eigenvalue weighted by Crippen LogP contribution is -2.31. The maximum absolute atomic E-state index is 12.4. The van der Waals surface area contributed by atoms with Crippen molar-refractivity contribution in [1.82, 2.24) is 10.3 Å². The van der Waals surface area contributed by atoms with Gasteiger partial charge in [0.2, 0.25) is 0 Å². The zero-order valence-corrected chi connectivity index (χ0v) is 13.6. The Kier molecular flexibility index (Phi) is 5.34. The number of carboxylic acids is 1. The number of hydrogen-bond acceptors (Lipinski definition) is 3. The third-order valence-electron chi connectivity index (χ3n) is 3.30. The van der Waals surface area contributed by atoms with Gasteiger partial charge >= 0.3 is 5.97 Å². The topological polar surface area (TPSA) is 79.3 Å². The van der Waals surface area contributed by atoms with Gasteiger partial charge in [-0.15, -0.1) is 0 Å². The summed E-state index contributed by atoms with van der Waals surface area (Å²) in [4.78, 5) is 27.7. The number of nitrogens with zero attached hydrogens (tertiary/aromatic N) is 1. The van der Waals surface area contributed by atoms with Crippen LogP contribution in [-0.4, -0.2) is 22.0 Å². The minimum absolute atomic E-state index is 0.255. The number of rotatable bonds is 5. The normalized spacial score (nSPS) is 11.8. The van der Waals surface area contributed by atoms with Crippen LogP contribution in [0.15, 0.2) is 36.4 Å². The van der Waals surface area contributed by atoms with Crippen molar-refractivity contribution in [2.24, 2.45) is 0 Å². The highest BCUT2D eigenvalue weighted by Gasteiger charge is 2.21. The van der Waals surface area contributed by atoms with Crippen LogP contribution in [0.2, 0.25) is 5.02 Å². The van der Waals surface area contributed by atoms with E-state index in [-0.39, 0.29) is 12.1 Å². The summed E-state index contributed by atoms with van der Waals surface area (Å²) >= 11 is 6.12. The van der Waals surface area contributed by atoms with E-state index in [9.17, 15) is 9.59 Å². The molecule has 0 bridgehead atoms. The molecule has 1 aromatic heterocycles. The highest BCUT2D eigenvalue weighted by atomic mass is 35.5. The van der Waals surface area contributed by atoms with Crippen LogP contribution in [0.3, 0.4) is 0 Å². The molecule has 1 aromatic carbocycles. The van der Waals surface area contributed by atoms with Gasteiger partial charge in [-0.2, -0.15) is 0 Å². The quantitative estimate of drug-likeness (QED) is 0.880. The molecule has 23 heavy (non-hydrogen) atoms. The van der Waals surface area contributed by atoms with Crippen LogP contribution in [0, 0.1) is 13.8 Å². The predicted molar refractivity (Wildman–Crippen MR) is 87.6 cm³/mol. The first-order valence-corrected chi connectivity index (χ1v) is 7.47. The summed E-state index contributed by atoms with van der Waals surface area (Å²) in [5.74, 6) is -1.45. The maximum atomic E-state index is 12.4. The summed E-state index contributed by atoms with van der Waals surface area (Å²) in [5.41, 5.74) is 2.46. The van der Waals surface area contributed by atoms with E-state index in [1.807, 2.05) is 13.0 Å². The zero-order chi connectivity index (χ0) is 17.0. The van der Waals surface area contributed by atoms with E-state index >= 15 is 0 Å². The molecule has 120 valence electrons. The van der Waals surface area contributed by atoms with E-state index in [2.05, 4.69) is 10.3 Å². The van der Waals surface area contributed by atoms with Crippen LogP contribution >= 0.6 is 11.6 Å². The van der Waals surface area contributed by atoms with E-state index in [0.717, 1.165) is 11.3 Å². The Morgan fingerprint density at radius 1 is 1.26 bits per heavy atom. The molecule has 0 radical (unpaired) electrons. The number of pyridine rings is 1. The minimum atomic E-state index is -1.02. The van der Waals surface area contributed by atoms with Gasteiger partial charge in [0.1, 0.15) is 5.69 Å². The average Bonchev–Trinajstić information content (AvgIpc) is 2.45. The lowest BCUT2D eigenvalue weighted by molar-refractivity contribution is -0.137. The fourth-order valence-electron chi connectivity index (χ4n) is 2.36. The number of halogens is 1. The fourth-order valence-corrected chi connectivity index (χ4v) is 2.63. The molecule has 0 saturated carbocycles. The summed E-state index contributed by atoms with van der Waals surface area (Å²) in [5, 5.41) is 12.2. The summed E-state index contributed by atoms with van der Waals surface area (Å²) in [6.45, 7) is 3.67. The summed E-state index contributed by atoms with van der Waals surface area (Å²) < 4.78 is 0. The zero-order valence-electron chi connectivity index (χ0n) is 12.8. The number of carbonyl (C=O) groups is 2. The molecule has 1 heterocycles. The van der Waals surface area contributed by atoms with Gasteiger partial charge in [-0.1, -0.05) is 29.8 Å². The molecule has 0 saturated heterocycles. The number of aromatic nitrogens is 1. The van der Waals surface area contributed by atoms with Crippen molar-refractivity contribution in [2.75, 3.05) is 0 Å². The summed E-state index contributed by atoms with van der Waals surface area (Å²) in [6.07, 6.45) is -0.264. The highest BCUT2D eigenvalue weighted by Crippen LogP contribution is 2.25. The Balaban J connectivity index is 2.29. The number of aliphatic carboxylic acids is 1. The Labute approximate surface area is 139 Å².